The molecule has 3 N–H and O–H groups in total. The molecule has 9 nitrogen and oxygen atoms in total. The van der Waals surface area contributed by atoms with Gasteiger partial charge in [0.05, 0.1) is 21.6 Å². The van der Waals surface area contributed by atoms with Gasteiger partial charge in [0.15, 0.2) is 0 Å². The molecule has 2 atom stereocenters. The van der Waals surface area contributed by atoms with E-state index in [1.807, 2.05) is 53.5 Å². The van der Waals surface area contributed by atoms with Crippen LogP contribution in [-0.4, -0.2) is 30.2 Å². The van der Waals surface area contributed by atoms with E-state index in [1.54, 1.807) is 30.3 Å². The van der Waals surface area contributed by atoms with Crippen molar-refractivity contribution in [1.82, 2.24) is 10.3 Å². The van der Waals surface area contributed by atoms with Crippen LogP contribution in [0.4, 0.5) is 4.79 Å². The topological polar surface area (TPSA) is 127 Å². The molecule has 1 amide bonds. The predicted octanol–water partition coefficient (Wildman–Crippen LogP) is 6.05. The normalized spacial score (nSPS) is 22.3. The van der Waals surface area contributed by atoms with Crippen LogP contribution in [0.3, 0.4) is 0 Å². The van der Waals surface area contributed by atoms with Gasteiger partial charge in [0.25, 0.3) is 5.24 Å². The molecular formula is C29H21BrN4O5S2. The maximum Gasteiger partial charge on any atom is 0.314 e. The molecule has 3 aliphatic heterocycles. The number of fused-ring (bicyclic) bond motifs is 4. The summed E-state index contributed by atoms with van der Waals surface area (Å²) < 4.78 is 36.8. The highest BCUT2D eigenvalue weighted by Crippen LogP contribution is 2.53. The number of carbonyl (C=O) groups is 1. The summed E-state index contributed by atoms with van der Waals surface area (Å²) in [5, 5.41) is 14.8. The van der Waals surface area contributed by atoms with Crippen LogP contribution in [0.25, 0.3) is 17.4 Å². The number of hydrazone groups is 1. The van der Waals surface area contributed by atoms with E-state index in [0.29, 0.717) is 34.2 Å². The number of thioether (sulfide) groups is 1. The summed E-state index contributed by atoms with van der Waals surface area (Å²) in [7, 11) is -3.80. The predicted molar refractivity (Wildman–Crippen MR) is 159 cm³/mol. The van der Waals surface area contributed by atoms with Crippen LogP contribution in [0.5, 0.6) is 5.75 Å². The minimum atomic E-state index is -3.80. The summed E-state index contributed by atoms with van der Waals surface area (Å²) in [6.07, 6.45) is 2.40. The number of hydrogen-bond donors (Lipinski definition) is 2. The van der Waals surface area contributed by atoms with Crippen molar-refractivity contribution in [1.29, 1.82) is 0 Å². The third kappa shape index (κ3) is 4.56. The lowest BCUT2D eigenvalue weighted by atomic mass is 9.96. The van der Waals surface area contributed by atoms with E-state index in [4.69, 9.17) is 19.4 Å². The standard InChI is InChI=1S/C29H21BrN4O5S2/c30-19-8-12-26-22(14-19)24-16-23(17-4-2-1-3-5-17)33-34(24)29(39-26)27(40-28(35)32-29)15-20-9-13-25(38-20)18-6-10-21(11-7-18)41(31,36)37/h1-15,24H,16H2,(H,32,35)(H2,31,36,37)/b27-15-. The minimum absolute atomic E-state index is 0.0152. The zero-order chi connectivity index (χ0) is 28.4. The molecule has 3 aliphatic rings. The van der Waals surface area contributed by atoms with Crippen LogP contribution in [0.15, 0.2) is 109 Å². The van der Waals surface area contributed by atoms with Gasteiger partial charge in [-0.15, -0.1) is 0 Å². The Morgan fingerprint density at radius 1 is 1.05 bits per heavy atom. The van der Waals surface area contributed by atoms with E-state index < -0.39 is 15.9 Å². The summed E-state index contributed by atoms with van der Waals surface area (Å²) >= 11 is 4.60. The number of nitrogens with two attached hydrogens (primary N) is 1. The number of halogens is 1. The maximum absolute atomic E-state index is 12.9. The summed E-state index contributed by atoms with van der Waals surface area (Å²) in [6, 6.07) is 25.2. The second-order valence-electron chi connectivity index (χ2n) is 9.70. The van der Waals surface area contributed by atoms with Crippen molar-refractivity contribution in [2.45, 2.75) is 23.2 Å². The van der Waals surface area contributed by atoms with Crippen LogP contribution in [0.1, 0.15) is 29.3 Å². The Bertz CT molecular complexity index is 1870. The summed E-state index contributed by atoms with van der Waals surface area (Å²) in [6.45, 7) is 0. The number of nitrogens with one attached hydrogen (secondary N) is 1. The Kier molecular flexibility index (Phi) is 6.12. The summed E-state index contributed by atoms with van der Waals surface area (Å²) in [5.41, 5.74) is 3.53. The average Bonchev–Trinajstić information content (AvgIpc) is 3.68. The van der Waals surface area contributed by atoms with Crippen LogP contribution in [0.2, 0.25) is 0 Å². The molecule has 3 aromatic carbocycles. The van der Waals surface area contributed by atoms with E-state index in [9.17, 15) is 13.2 Å². The summed E-state index contributed by atoms with van der Waals surface area (Å²) in [4.78, 5) is 13.5. The molecule has 4 heterocycles. The molecule has 206 valence electrons. The molecule has 1 spiro atoms. The fourth-order valence-electron chi connectivity index (χ4n) is 5.22. The first-order valence-electron chi connectivity index (χ1n) is 12.6. The van der Waals surface area contributed by atoms with Crippen molar-refractivity contribution >= 4 is 54.7 Å². The van der Waals surface area contributed by atoms with E-state index in [2.05, 4.69) is 21.2 Å². The molecule has 0 bridgehead atoms. The fourth-order valence-corrected chi connectivity index (χ4v) is 7.00. The number of rotatable bonds is 4. The Morgan fingerprint density at radius 2 is 1.83 bits per heavy atom. The molecule has 4 aromatic rings. The van der Waals surface area contributed by atoms with Crippen molar-refractivity contribution in [3.05, 3.63) is 111 Å². The molecular weight excluding hydrogens is 628 g/mol. The number of amides is 1. The Morgan fingerprint density at radius 3 is 2.59 bits per heavy atom. The van der Waals surface area contributed by atoms with Gasteiger partial charge in [-0.3, -0.25) is 10.1 Å². The largest absolute Gasteiger partial charge is 0.457 e. The monoisotopic (exact) mass is 648 g/mol. The number of primary sulfonamides is 1. The number of hydrogen-bond acceptors (Lipinski definition) is 8. The number of ether oxygens (including phenoxy) is 1. The van der Waals surface area contributed by atoms with E-state index in [1.165, 1.54) is 12.1 Å². The highest BCUT2D eigenvalue weighted by atomic mass is 79.9. The van der Waals surface area contributed by atoms with Gasteiger partial charge in [0.1, 0.15) is 17.3 Å². The number of carbonyl (C=O) groups excluding carboxylic acids is 1. The lowest BCUT2D eigenvalue weighted by Gasteiger charge is -2.45. The lowest BCUT2D eigenvalue weighted by Crippen LogP contribution is -2.61. The third-order valence-corrected chi connectivity index (χ3v) is 9.43. The first-order chi connectivity index (χ1) is 19.7. The number of sulfonamides is 1. The molecule has 1 saturated heterocycles. The van der Waals surface area contributed by atoms with Crippen LogP contribution < -0.4 is 15.2 Å². The quantitative estimate of drug-likeness (QED) is 0.276. The van der Waals surface area contributed by atoms with Crippen LogP contribution in [-0.2, 0) is 10.0 Å². The highest BCUT2D eigenvalue weighted by Gasteiger charge is 2.58. The van der Waals surface area contributed by atoms with Gasteiger partial charge in [0.2, 0.25) is 10.0 Å². The SMILES string of the molecule is NS(=O)(=O)c1ccc(-c2ccc(/C=C3\SC(=O)NC34Oc3ccc(Br)cc3C3CC(c5ccccc5)=NN34)o2)cc1. The maximum atomic E-state index is 12.9. The molecule has 0 aliphatic carbocycles. The first-order valence-corrected chi connectivity index (χ1v) is 15.7. The number of nitrogens with zero attached hydrogens (tertiary/aromatic N) is 2. The molecule has 2 unspecified atom stereocenters. The van der Waals surface area contributed by atoms with Crippen LogP contribution in [0, 0.1) is 0 Å². The second kappa shape index (κ2) is 9.62. The Labute approximate surface area is 248 Å². The van der Waals surface area contributed by atoms with Crippen molar-refractivity contribution in [3.8, 4) is 17.1 Å². The van der Waals surface area contributed by atoms with Gasteiger partial charge >= 0.3 is 5.85 Å². The molecule has 1 fully saturated rings. The summed E-state index contributed by atoms with van der Waals surface area (Å²) in [5.74, 6) is 0.302. The van der Waals surface area contributed by atoms with Gasteiger partial charge in [-0.2, -0.15) is 5.10 Å². The number of benzene rings is 3. The van der Waals surface area contributed by atoms with Gasteiger partial charge in [-0.1, -0.05) is 46.3 Å². The van der Waals surface area contributed by atoms with E-state index >= 15 is 0 Å². The molecule has 1 aromatic heterocycles. The van der Waals surface area contributed by atoms with Gasteiger partial charge in [-0.25, -0.2) is 18.6 Å². The molecule has 41 heavy (non-hydrogen) atoms. The Balaban J connectivity index is 1.30. The molecule has 12 heteroatoms. The minimum Gasteiger partial charge on any atom is -0.457 e. The fraction of sp³-hybridized carbons (Fsp3) is 0.103. The van der Waals surface area contributed by atoms with Gasteiger partial charge < -0.3 is 9.15 Å². The lowest BCUT2D eigenvalue weighted by molar-refractivity contribution is -0.0949. The first kappa shape index (κ1) is 26.1. The van der Waals surface area contributed by atoms with E-state index in [0.717, 1.165) is 33.1 Å². The van der Waals surface area contributed by atoms with Gasteiger partial charge in [-0.05, 0) is 78.0 Å². The highest BCUT2D eigenvalue weighted by molar-refractivity contribution is 9.10. The van der Waals surface area contributed by atoms with Crippen molar-refractivity contribution in [2.24, 2.45) is 10.2 Å². The molecule has 0 saturated carbocycles. The van der Waals surface area contributed by atoms with E-state index in [-0.39, 0.29) is 16.2 Å². The molecule has 7 rings (SSSR count). The van der Waals surface area contributed by atoms with Gasteiger partial charge in [0, 0.05) is 22.0 Å². The second-order valence-corrected chi connectivity index (χ2v) is 13.2. The van der Waals surface area contributed by atoms with Crippen molar-refractivity contribution in [3.63, 3.8) is 0 Å². The van der Waals surface area contributed by atoms with Crippen LogP contribution >= 0.6 is 27.7 Å². The van der Waals surface area contributed by atoms with Crippen molar-refractivity contribution < 1.29 is 22.4 Å². The Hall–Kier alpha value is -3.84. The number of furan rings is 1. The third-order valence-electron chi connectivity index (χ3n) is 7.10. The van der Waals surface area contributed by atoms with Crippen molar-refractivity contribution in [2.75, 3.05) is 0 Å². The average molecular weight is 650 g/mol. The zero-order valence-electron chi connectivity index (χ0n) is 21.2. The smallest absolute Gasteiger partial charge is 0.314 e. The zero-order valence-corrected chi connectivity index (χ0v) is 24.4. The molecule has 0 radical (unpaired) electrons.